The van der Waals surface area contributed by atoms with Gasteiger partial charge in [-0.3, -0.25) is 4.79 Å². The lowest BCUT2D eigenvalue weighted by Crippen LogP contribution is -2.41. The maximum Gasteiger partial charge on any atom is 0.224 e. The summed E-state index contributed by atoms with van der Waals surface area (Å²) in [6.07, 6.45) is 2.16. The number of ether oxygens (including phenoxy) is 2. The molecule has 1 aliphatic heterocycles. The summed E-state index contributed by atoms with van der Waals surface area (Å²) in [6.45, 7) is 1.34. The number of nitrogens with one attached hydrogen (secondary N) is 2. The highest BCUT2D eigenvalue weighted by Crippen LogP contribution is 2.26. The highest BCUT2D eigenvalue weighted by molar-refractivity contribution is 7.99. The van der Waals surface area contributed by atoms with Crippen molar-refractivity contribution >= 4 is 17.7 Å². The van der Waals surface area contributed by atoms with Gasteiger partial charge in [-0.1, -0.05) is 12.1 Å². The van der Waals surface area contributed by atoms with Crippen molar-refractivity contribution in [2.45, 2.75) is 19.0 Å². The second-order valence-corrected chi connectivity index (χ2v) is 7.11. The van der Waals surface area contributed by atoms with Crippen molar-refractivity contribution in [2.24, 2.45) is 0 Å². The van der Waals surface area contributed by atoms with E-state index < -0.39 is 0 Å². The molecule has 2 N–H and O–H groups in total. The van der Waals surface area contributed by atoms with Gasteiger partial charge in [-0.2, -0.15) is 11.8 Å². The lowest BCUT2D eigenvalue weighted by molar-refractivity contribution is -0.121. The average Bonchev–Trinajstić information content (AvgIpc) is 2.68. The van der Waals surface area contributed by atoms with Crippen LogP contribution in [0.25, 0.3) is 0 Å². The number of amides is 1. The minimum Gasteiger partial charge on any atom is -0.497 e. The van der Waals surface area contributed by atoms with Crippen molar-refractivity contribution in [3.05, 3.63) is 48.2 Å². The first-order valence-corrected chi connectivity index (χ1v) is 9.73. The van der Waals surface area contributed by atoms with Gasteiger partial charge in [-0.25, -0.2) is 4.98 Å². The Morgan fingerprint density at radius 2 is 2.23 bits per heavy atom. The summed E-state index contributed by atoms with van der Waals surface area (Å²) in [6, 6.07) is 11.3. The number of rotatable bonds is 7. The fourth-order valence-electron chi connectivity index (χ4n) is 2.67. The van der Waals surface area contributed by atoms with Crippen LogP contribution in [0.15, 0.2) is 42.6 Å². The molecule has 0 bridgehead atoms. The summed E-state index contributed by atoms with van der Waals surface area (Å²) in [5, 5.41) is 6.33. The Kier molecular flexibility index (Phi) is 6.74. The highest BCUT2D eigenvalue weighted by Gasteiger charge is 2.17. The molecule has 0 aliphatic carbocycles. The normalized spacial score (nSPS) is 16.7. The Morgan fingerprint density at radius 1 is 1.35 bits per heavy atom. The summed E-state index contributed by atoms with van der Waals surface area (Å²) in [4.78, 5) is 16.5. The topological polar surface area (TPSA) is 72.5 Å². The maximum absolute atomic E-state index is 12.2. The van der Waals surface area contributed by atoms with E-state index in [-0.39, 0.29) is 11.9 Å². The Morgan fingerprint density at radius 3 is 3.04 bits per heavy atom. The lowest BCUT2D eigenvalue weighted by Gasteiger charge is -2.22. The maximum atomic E-state index is 12.2. The molecule has 1 fully saturated rings. The van der Waals surface area contributed by atoms with Gasteiger partial charge in [-0.05, 0) is 18.2 Å². The van der Waals surface area contributed by atoms with Crippen molar-refractivity contribution in [1.29, 1.82) is 0 Å². The predicted octanol–water partition coefficient (Wildman–Crippen LogP) is 2.59. The molecule has 0 radical (unpaired) electrons. The van der Waals surface area contributed by atoms with Gasteiger partial charge in [0.1, 0.15) is 11.5 Å². The van der Waals surface area contributed by atoms with Gasteiger partial charge in [0.15, 0.2) is 0 Å². The molecule has 0 spiro atoms. The van der Waals surface area contributed by atoms with E-state index in [2.05, 4.69) is 15.6 Å². The summed E-state index contributed by atoms with van der Waals surface area (Å²) in [5.74, 6) is 3.95. The van der Waals surface area contributed by atoms with E-state index in [0.29, 0.717) is 30.3 Å². The molecule has 2 heterocycles. The van der Waals surface area contributed by atoms with Crippen molar-refractivity contribution in [1.82, 2.24) is 15.6 Å². The molecule has 1 atom stereocenters. The van der Waals surface area contributed by atoms with E-state index in [1.165, 1.54) is 0 Å². The van der Waals surface area contributed by atoms with Crippen LogP contribution in [0.5, 0.6) is 17.4 Å². The molecule has 26 heavy (non-hydrogen) atoms. The van der Waals surface area contributed by atoms with Crippen LogP contribution in [0.1, 0.15) is 12.0 Å². The third kappa shape index (κ3) is 5.37. The van der Waals surface area contributed by atoms with Crippen molar-refractivity contribution in [3.8, 4) is 17.4 Å². The number of nitrogens with zero attached hydrogens (tertiary/aromatic N) is 1. The fourth-order valence-corrected chi connectivity index (χ4v) is 3.62. The molecule has 0 saturated carbocycles. The van der Waals surface area contributed by atoms with Gasteiger partial charge in [-0.15, -0.1) is 0 Å². The second-order valence-electron chi connectivity index (χ2n) is 5.96. The molecule has 3 rings (SSSR count). The van der Waals surface area contributed by atoms with Crippen LogP contribution in [-0.2, 0) is 11.3 Å². The molecular weight excluding hydrogens is 350 g/mol. The van der Waals surface area contributed by atoms with Crippen molar-refractivity contribution in [2.75, 3.05) is 25.2 Å². The Labute approximate surface area is 157 Å². The molecule has 6 nitrogen and oxygen atoms in total. The predicted molar refractivity (Wildman–Crippen MR) is 103 cm³/mol. The molecule has 1 unspecified atom stereocenters. The van der Waals surface area contributed by atoms with Crippen LogP contribution in [0.3, 0.4) is 0 Å². The van der Waals surface area contributed by atoms with Gasteiger partial charge in [0.2, 0.25) is 11.8 Å². The zero-order valence-corrected chi connectivity index (χ0v) is 15.6. The van der Waals surface area contributed by atoms with Gasteiger partial charge in [0.05, 0.1) is 7.11 Å². The number of hydrogen-bond acceptors (Lipinski definition) is 6. The number of hydrogen-bond donors (Lipinski definition) is 2. The standard InChI is InChI=1S/C19H23N3O3S/c1-24-16-5-2-6-17(11-16)25-19-14(4-3-7-21-19)12-22-18(23)10-15-13-26-9-8-20-15/h2-7,11,15,20H,8-10,12-13H2,1H3,(H,22,23). The molecule has 1 amide bonds. The van der Waals surface area contributed by atoms with Gasteiger partial charge in [0.25, 0.3) is 0 Å². The molecule has 1 saturated heterocycles. The van der Waals surface area contributed by atoms with E-state index in [9.17, 15) is 4.79 Å². The number of carbonyl (C=O) groups is 1. The summed E-state index contributed by atoms with van der Waals surface area (Å²) in [5.41, 5.74) is 0.828. The van der Waals surface area contributed by atoms with Crippen LogP contribution in [0, 0.1) is 0 Å². The van der Waals surface area contributed by atoms with Gasteiger partial charge in [0, 0.05) is 54.9 Å². The first kappa shape index (κ1) is 18.5. The second kappa shape index (κ2) is 9.45. The Hall–Kier alpha value is -2.25. The van der Waals surface area contributed by atoms with Crippen LogP contribution >= 0.6 is 11.8 Å². The molecule has 1 aliphatic rings. The summed E-state index contributed by atoms with van der Waals surface area (Å²) in [7, 11) is 1.61. The first-order valence-electron chi connectivity index (χ1n) is 8.58. The largest absolute Gasteiger partial charge is 0.497 e. The molecule has 1 aromatic heterocycles. The molecule has 138 valence electrons. The van der Waals surface area contributed by atoms with E-state index in [1.54, 1.807) is 19.4 Å². The monoisotopic (exact) mass is 373 g/mol. The van der Waals surface area contributed by atoms with Crippen LogP contribution in [-0.4, -0.2) is 42.1 Å². The van der Waals surface area contributed by atoms with E-state index >= 15 is 0 Å². The smallest absolute Gasteiger partial charge is 0.224 e. The SMILES string of the molecule is COc1cccc(Oc2ncccc2CNC(=O)CC2CSCCN2)c1. The van der Waals surface area contributed by atoms with E-state index in [4.69, 9.17) is 9.47 Å². The number of methoxy groups -OCH3 is 1. The van der Waals surface area contributed by atoms with Crippen LogP contribution in [0.2, 0.25) is 0 Å². The summed E-state index contributed by atoms with van der Waals surface area (Å²) >= 11 is 1.88. The minimum absolute atomic E-state index is 0.0289. The number of aromatic nitrogens is 1. The molecule has 7 heteroatoms. The number of benzene rings is 1. The zero-order valence-electron chi connectivity index (χ0n) is 14.7. The summed E-state index contributed by atoms with van der Waals surface area (Å²) < 4.78 is 11.1. The van der Waals surface area contributed by atoms with E-state index in [1.807, 2.05) is 42.1 Å². The third-order valence-corrected chi connectivity index (χ3v) is 5.14. The molecule has 2 aromatic rings. The van der Waals surface area contributed by atoms with Crippen molar-refractivity contribution in [3.63, 3.8) is 0 Å². The Balaban J connectivity index is 1.58. The molecule has 1 aromatic carbocycles. The van der Waals surface area contributed by atoms with Gasteiger partial charge >= 0.3 is 0 Å². The zero-order chi connectivity index (χ0) is 18.2. The Bertz CT molecular complexity index is 735. The van der Waals surface area contributed by atoms with Crippen molar-refractivity contribution < 1.29 is 14.3 Å². The molecular formula is C19H23N3O3S. The van der Waals surface area contributed by atoms with E-state index in [0.717, 1.165) is 23.6 Å². The fraction of sp³-hybridized carbons (Fsp3) is 0.368. The average molecular weight is 373 g/mol. The van der Waals surface area contributed by atoms with Crippen LogP contribution in [0.4, 0.5) is 0 Å². The first-order chi connectivity index (χ1) is 12.7. The minimum atomic E-state index is 0.0289. The number of thioether (sulfide) groups is 1. The van der Waals surface area contributed by atoms with Gasteiger partial charge < -0.3 is 20.1 Å². The third-order valence-electron chi connectivity index (χ3n) is 4.01. The quantitative estimate of drug-likeness (QED) is 0.777. The highest BCUT2D eigenvalue weighted by atomic mass is 32.2. The van der Waals surface area contributed by atoms with Crippen LogP contribution < -0.4 is 20.1 Å². The lowest BCUT2D eigenvalue weighted by atomic mass is 10.2. The number of pyridine rings is 1. The number of carbonyl (C=O) groups excluding carboxylic acids is 1.